The minimum atomic E-state index is -1.06. The van der Waals surface area contributed by atoms with Gasteiger partial charge < -0.3 is 24.6 Å². The lowest BCUT2D eigenvalue weighted by atomic mass is 9.84. The maximum atomic E-state index is 14.0. The maximum Gasteiger partial charge on any atom is 0.348 e. The van der Waals surface area contributed by atoms with Crippen molar-refractivity contribution in [2.24, 2.45) is 11.3 Å². The highest BCUT2D eigenvalue weighted by Crippen LogP contribution is 2.39. The van der Waals surface area contributed by atoms with Crippen LogP contribution in [0, 0.1) is 23.2 Å². The number of amides is 1. The van der Waals surface area contributed by atoms with E-state index >= 15 is 0 Å². The van der Waals surface area contributed by atoms with E-state index in [0.717, 1.165) is 62.9 Å². The number of ether oxygens (including phenoxy) is 2. The van der Waals surface area contributed by atoms with Gasteiger partial charge in [0, 0.05) is 18.1 Å². The Morgan fingerprint density at radius 2 is 1.81 bits per heavy atom. The number of carboxylic acid groups (broad SMARTS) is 1. The summed E-state index contributed by atoms with van der Waals surface area (Å²) in [6.07, 6.45) is 6.58. The van der Waals surface area contributed by atoms with Gasteiger partial charge in [-0.25, -0.2) is 4.79 Å². The molecule has 1 saturated heterocycles. The minimum Gasteiger partial charge on any atom is -0.477 e. The average molecular weight is 518 g/mol. The van der Waals surface area contributed by atoms with Crippen LogP contribution in [-0.2, 0) is 14.3 Å². The molecule has 3 unspecified atom stereocenters. The summed E-state index contributed by atoms with van der Waals surface area (Å²) >= 11 is 1.12. The molecule has 3 atom stereocenters. The maximum absolute atomic E-state index is 14.0. The molecule has 36 heavy (non-hydrogen) atoms. The van der Waals surface area contributed by atoms with Crippen LogP contribution in [0.2, 0.25) is 0 Å². The lowest BCUT2D eigenvalue weighted by Gasteiger charge is -2.40. The summed E-state index contributed by atoms with van der Waals surface area (Å²) in [5.74, 6) is 4.57. The molecule has 7 nitrogen and oxygen atoms in total. The van der Waals surface area contributed by atoms with E-state index in [1.807, 2.05) is 20.8 Å². The number of carbonyl (C=O) groups is 2. The van der Waals surface area contributed by atoms with Crippen LogP contribution in [0.3, 0.4) is 0 Å². The number of hydrogen-bond acceptors (Lipinski definition) is 6. The van der Waals surface area contributed by atoms with Crippen molar-refractivity contribution in [3.63, 3.8) is 0 Å². The Morgan fingerprint density at radius 3 is 2.42 bits per heavy atom. The summed E-state index contributed by atoms with van der Waals surface area (Å²) in [7, 11) is 0. The van der Waals surface area contributed by atoms with Crippen molar-refractivity contribution in [1.29, 1.82) is 0 Å². The van der Waals surface area contributed by atoms with Gasteiger partial charge in [-0.1, -0.05) is 24.7 Å². The van der Waals surface area contributed by atoms with Gasteiger partial charge >= 0.3 is 5.97 Å². The third-order valence-corrected chi connectivity index (χ3v) is 8.32. The molecule has 1 aliphatic heterocycles. The predicted octanol–water partition coefficient (Wildman–Crippen LogP) is 4.84. The first-order valence-electron chi connectivity index (χ1n) is 13.3. The third-order valence-electron chi connectivity index (χ3n) is 7.29. The highest BCUT2D eigenvalue weighted by molar-refractivity contribution is 7.15. The second-order valence-corrected chi connectivity index (χ2v) is 12.4. The molecule has 3 fully saturated rings. The van der Waals surface area contributed by atoms with Crippen LogP contribution < -0.4 is 4.90 Å². The molecule has 3 aliphatic rings. The molecule has 1 aromatic rings. The Kier molecular flexibility index (Phi) is 8.77. The number of aliphatic hydroxyl groups is 1. The number of anilines is 1. The molecule has 198 valence electrons. The number of aliphatic hydroxyl groups excluding tert-OH is 1. The molecular formula is C28H39NO6S. The lowest BCUT2D eigenvalue weighted by molar-refractivity contribution is -0.128. The number of carbonyl (C=O) groups excluding carboxylic acids is 1. The summed E-state index contributed by atoms with van der Waals surface area (Å²) in [6, 6.07) is 1.63. The summed E-state index contributed by atoms with van der Waals surface area (Å²) in [4.78, 5) is 28.7. The molecule has 2 heterocycles. The van der Waals surface area contributed by atoms with Crippen molar-refractivity contribution < 1.29 is 29.3 Å². The average Bonchev–Trinajstić information content (AvgIpc) is 3.49. The van der Waals surface area contributed by atoms with Gasteiger partial charge in [0.2, 0.25) is 5.91 Å². The highest BCUT2D eigenvalue weighted by Gasteiger charge is 2.40. The molecule has 2 saturated carbocycles. The third kappa shape index (κ3) is 6.69. The first-order valence-corrected chi connectivity index (χ1v) is 14.1. The van der Waals surface area contributed by atoms with E-state index < -0.39 is 18.0 Å². The van der Waals surface area contributed by atoms with Crippen LogP contribution in [0.25, 0.3) is 0 Å². The van der Waals surface area contributed by atoms with Crippen LogP contribution in [0.5, 0.6) is 0 Å². The van der Waals surface area contributed by atoms with E-state index in [1.54, 1.807) is 11.0 Å². The quantitative estimate of drug-likeness (QED) is 0.524. The molecule has 0 spiro atoms. The van der Waals surface area contributed by atoms with E-state index in [4.69, 9.17) is 9.47 Å². The fourth-order valence-electron chi connectivity index (χ4n) is 5.43. The van der Waals surface area contributed by atoms with E-state index in [1.165, 1.54) is 0 Å². The molecular weight excluding hydrogens is 478 g/mol. The number of rotatable bonds is 6. The number of carboxylic acids is 1. The van der Waals surface area contributed by atoms with Gasteiger partial charge in [0.1, 0.15) is 4.88 Å². The van der Waals surface area contributed by atoms with Crippen LogP contribution in [-0.4, -0.2) is 59.7 Å². The van der Waals surface area contributed by atoms with Gasteiger partial charge in [0.25, 0.3) is 0 Å². The fraction of sp³-hybridized carbons (Fsp3) is 0.714. The zero-order chi connectivity index (χ0) is 25.9. The van der Waals surface area contributed by atoms with Gasteiger partial charge in [-0.2, -0.15) is 0 Å². The van der Waals surface area contributed by atoms with Crippen molar-refractivity contribution >= 4 is 28.9 Å². The molecule has 4 rings (SSSR count). The topological polar surface area (TPSA) is 96.3 Å². The number of nitrogens with zero attached hydrogens (tertiary/aromatic N) is 1. The molecule has 0 radical (unpaired) electrons. The van der Waals surface area contributed by atoms with Crippen molar-refractivity contribution in [2.75, 3.05) is 18.1 Å². The fourth-order valence-corrected chi connectivity index (χ4v) is 6.27. The van der Waals surface area contributed by atoms with Gasteiger partial charge in [0.15, 0.2) is 0 Å². The van der Waals surface area contributed by atoms with Gasteiger partial charge in [0.05, 0.1) is 41.4 Å². The second-order valence-electron chi connectivity index (χ2n) is 11.3. The van der Waals surface area contributed by atoms with Crippen LogP contribution in [0.4, 0.5) is 5.69 Å². The standard InChI is InChI=1S/C28H39NO6S/c1-28(2,3)14-12-21-16-23(25(36-21)27(32)33)29(26(31)22-6-4-5-7-24(22)30)18-8-10-19(11-9-18)35-20-13-15-34-17-20/h16,18-20,22,24,30H,4-11,13,15,17H2,1-3H3,(H,32,33). The normalized spacial score (nSPS) is 28.8. The molecule has 1 aromatic heterocycles. The minimum absolute atomic E-state index is 0.125. The van der Waals surface area contributed by atoms with E-state index in [9.17, 15) is 19.8 Å². The Hall–Kier alpha value is -1.92. The van der Waals surface area contributed by atoms with E-state index in [2.05, 4.69) is 11.8 Å². The van der Waals surface area contributed by atoms with Crippen molar-refractivity contribution in [1.82, 2.24) is 0 Å². The Bertz CT molecular complexity index is 988. The zero-order valence-corrected chi connectivity index (χ0v) is 22.4. The van der Waals surface area contributed by atoms with Crippen LogP contribution in [0.15, 0.2) is 6.07 Å². The molecule has 8 heteroatoms. The number of hydrogen-bond donors (Lipinski definition) is 2. The predicted molar refractivity (Wildman–Crippen MR) is 139 cm³/mol. The number of thiophene rings is 1. The van der Waals surface area contributed by atoms with Crippen molar-refractivity contribution in [2.45, 2.75) is 103 Å². The highest BCUT2D eigenvalue weighted by atomic mass is 32.1. The molecule has 0 aromatic carbocycles. The second kappa shape index (κ2) is 11.6. The van der Waals surface area contributed by atoms with Crippen LogP contribution >= 0.6 is 11.3 Å². The molecule has 0 bridgehead atoms. The van der Waals surface area contributed by atoms with Crippen LogP contribution in [0.1, 0.15) is 93.1 Å². The largest absolute Gasteiger partial charge is 0.477 e. The summed E-state index contributed by atoms with van der Waals surface area (Å²) in [5.41, 5.74) is 0.194. The summed E-state index contributed by atoms with van der Waals surface area (Å²) in [6.45, 7) is 7.39. The van der Waals surface area contributed by atoms with Gasteiger partial charge in [-0.05, 0) is 71.8 Å². The van der Waals surface area contributed by atoms with E-state index in [-0.39, 0.29) is 34.4 Å². The summed E-state index contributed by atoms with van der Waals surface area (Å²) < 4.78 is 11.7. The SMILES string of the molecule is CC(C)(C)C#Cc1cc(N(C(=O)C2CCCCC2O)C2CCC(OC3CCOC3)CC2)c(C(=O)O)s1. The Balaban J connectivity index is 1.62. The van der Waals surface area contributed by atoms with Crippen molar-refractivity contribution in [3.05, 3.63) is 15.8 Å². The van der Waals surface area contributed by atoms with Gasteiger partial charge in [-0.15, -0.1) is 11.3 Å². The first kappa shape index (κ1) is 27.1. The van der Waals surface area contributed by atoms with Gasteiger partial charge in [-0.3, -0.25) is 4.79 Å². The van der Waals surface area contributed by atoms with E-state index in [0.29, 0.717) is 30.0 Å². The molecule has 2 N–H and O–H groups in total. The zero-order valence-electron chi connectivity index (χ0n) is 21.6. The lowest BCUT2D eigenvalue weighted by Crippen LogP contribution is -2.49. The Morgan fingerprint density at radius 1 is 1.08 bits per heavy atom. The first-order chi connectivity index (χ1) is 17.1. The smallest absolute Gasteiger partial charge is 0.348 e. The summed E-state index contributed by atoms with van der Waals surface area (Å²) in [5, 5.41) is 20.7. The molecule has 1 amide bonds. The molecule has 2 aliphatic carbocycles. The monoisotopic (exact) mass is 517 g/mol. The Labute approximate surface area is 218 Å². The number of aromatic carboxylic acids is 1. The van der Waals surface area contributed by atoms with Crippen molar-refractivity contribution in [3.8, 4) is 11.8 Å².